The van der Waals surface area contributed by atoms with Gasteiger partial charge in [-0.15, -0.1) is 0 Å². The lowest BCUT2D eigenvalue weighted by atomic mass is 10.1. The molecule has 0 aliphatic rings. The summed E-state index contributed by atoms with van der Waals surface area (Å²) in [6.07, 6.45) is 3.45. The minimum absolute atomic E-state index is 0.0505. The van der Waals surface area contributed by atoms with Crippen molar-refractivity contribution in [3.8, 4) is 0 Å². The SMILES string of the molecule is CC(C)CN(Cc1cccn1C)C(=O)CN(CC(C)C)C(=O)c1ccco1. The van der Waals surface area contributed by atoms with Crippen LogP contribution < -0.4 is 0 Å². The van der Waals surface area contributed by atoms with E-state index in [1.165, 1.54) is 6.26 Å². The Kier molecular flexibility index (Phi) is 7.28. The molecule has 6 heteroatoms. The van der Waals surface area contributed by atoms with Crippen molar-refractivity contribution < 1.29 is 14.0 Å². The first-order valence-electron chi connectivity index (χ1n) is 9.48. The van der Waals surface area contributed by atoms with Gasteiger partial charge in [0.05, 0.1) is 12.8 Å². The molecule has 0 unspecified atom stereocenters. The first-order chi connectivity index (χ1) is 12.8. The number of furan rings is 1. The third kappa shape index (κ3) is 6.01. The van der Waals surface area contributed by atoms with Gasteiger partial charge in [-0.1, -0.05) is 27.7 Å². The Bertz CT molecular complexity index is 732. The largest absolute Gasteiger partial charge is 0.459 e. The standard InChI is InChI=1S/C21H31N3O3/c1-16(2)12-23(14-18-8-6-10-22(18)5)20(25)15-24(13-17(3)4)21(26)19-9-7-11-27-19/h6-11,16-17H,12-15H2,1-5H3. The normalized spacial score (nSPS) is 11.2. The molecule has 2 aromatic rings. The van der Waals surface area contributed by atoms with Gasteiger partial charge in [0.15, 0.2) is 5.76 Å². The molecular weight excluding hydrogens is 342 g/mol. The van der Waals surface area contributed by atoms with E-state index in [1.54, 1.807) is 17.0 Å². The topological polar surface area (TPSA) is 58.7 Å². The molecule has 0 bridgehead atoms. The van der Waals surface area contributed by atoms with Crippen molar-refractivity contribution in [1.82, 2.24) is 14.4 Å². The summed E-state index contributed by atoms with van der Waals surface area (Å²) in [7, 11) is 1.97. The number of hydrogen-bond donors (Lipinski definition) is 0. The van der Waals surface area contributed by atoms with Crippen LogP contribution >= 0.6 is 0 Å². The molecule has 2 heterocycles. The number of hydrogen-bond acceptors (Lipinski definition) is 3. The van der Waals surface area contributed by atoms with Crippen LogP contribution in [0.15, 0.2) is 41.1 Å². The van der Waals surface area contributed by atoms with Crippen molar-refractivity contribution in [3.05, 3.63) is 48.2 Å². The van der Waals surface area contributed by atoms with Crippen molar-refractivity contribution in [1.29, 1.82) is 0 Å². The number of aryl methyl sites for hydroxylation is 1. The molecule has 148 valence electrons. The smallest absolute Gasteiger partial charge is 0.290 e. The van der Waals surface area contributed by atoms with Crippen molar-refractivity contribution in [2.75, 3.05) is 19.6 Å². The first-order valence-corrected chi connectivity index (χ1v) is 9.48. The highest BCUT2D eigenvalue weighted by Gasteiger charge is 2.25. The van der Waals surface area contributed by atoms with E-state index in [0.717, 1.165) is 5.69 Å². The van der Waals surface area contributed by atoms with Crippen LogP contribution in [0.2, 0.25) is 0 Å². The van der Waals surface area contributed by atoms with Gasteiger partial charge in [0.2, 0.25) is 5.91 Å². The molecule has 2 amide bonds. The Morgan fingerprint density at radius 2 is 1.70 bits per heavy atom. The highest BCUT2D eigenvalue weighted by Crippen LogP contribution is 2.12. The fourth-order valence-electron chi connectivity index (χ4n) is 3.03. The molecule has 27 heavy (non-hydrogen) atoms. The Labute approximate surface area is 161 Å². The molecule has 0 spiro atoms. The van der Waals surface area contributed by atoms with Gasteiger partial charge in [0, 0.05) is 32.0 Å². The fraction of sp³-hybridized carbons (Fsp3) is 0.524. The number of carbonyl (C=O) groups excluding carboxylic acids is 2. The Balaban J connectivity index is 2.15. The zero-order valence-corrected chi connectivity index (χ0v) is 17.0. The second-order valence-electron chi connectivity index (χ2n) is 7.84. The summed E-state index contributed by atoms with van der Waals surface area (Å²) in [5.41, 5.74) is 1.07. The van der Waals surface area contributed by atoms with Gasteiger partial charge in [0.1, 0.15) is 6.54 Å². The highest BCUT2D eigenvalue weighted by molar-refractivity contribution is 5.94. The van der Waals surface area contributed by atoms with Crippen LogP contribution in [-0.4, -0.2) is 45.8 Å². The summed E-state index contributed by atoms with van der Waals surface area (Å²) < 4.78 is 7.26. The Morgan fingerprint density at radius 3 is 2.22 bits per heavy atom. The van der Waals surface area contributed by atoms with Gasteiger partial charge in [0.25, 0.3) is 5.91 Å². The minimum Gasteiger partial charge on any atom is -0.459 e. The predicted molar refractivity (Wildman–Crippen MR) is 105 cm³/mol. The second-order valence-corrected chi connectivity index (χ2v) is 7.84. The van der Waals surface area contributed by atoms with Gasteiger partial charge in [-0.3, -0.25) is 9.59 Å². The quantitative estimate of drug-likeness (QED) is 0.677. The van der Waals surface area contributed by atoms with E-state index in [1.807, 2.05) is 48.7 Å². The van der Waals surface area contributed by atoms with Crippen molar-refractivity contribution >= 4 is 11.8 Å². The van der Waals surface area contributed by atoms with Gasteiger partial charge in [-0.2, -0.15) is 0 Å². The van der Waals surface area contributed by atoms with Crippen LogP contribution in [0.4, 0.5) is 0 Å². The van der Waals surface area contributed by atoms with Crippen molar-refractivity contribution in [2.24, 2.45) is 18.9 Å². The van der Waals surface area contributed by atoms with Crippen LogP contribution in [0.1, 0.15) is 43.9 Å². The van der Waals surface area contributed by atoms with E-state index in [4.69, 9.17) is 4.42 Å². The Morgan fingerprint density at radius 1 is 1.04 bits per heavy atom. The van der Waals surface area contributed by atoms with E-state index >= 15 is 0 Å². The molecule has 0 radical (unpaired) electrons. The maximum Gasteiger partial charge on any atom is 0.290 e. The molecular formula is C21H31N3O3. The molecule has 6 nitrogen and oxygen atoms in total. The van der Waals surface area contributed by atoms with Gasteiger partial charge >= 0.3 is 0 Å². The zero-order valence-electron chi connectivity index (χ0n) is 17.0. The van der Waals surface area contributed by atoms with E-state index in [9.17, 15) is 9.59 Å². The summed E-state index contributed by atoms with van der Waals surface area (Å²) in [6, 6.07) is 7.30. The molecule has 2 rings (SSSR count). The van der Waals surface area contributed by atoms with Crippen LogP contribution in [0.25, 0.3) is 0 Å². The maximum absolute atomic E-state index is 13.1. The van der Waals surface area contributed by atoms with Crippen molar-refractivity contribution in [3.63, 3.8) is 0 Å². The van der Waals surface area contributed by atoms with E-state index in [-0.39, 0.29) is 30.0 Å². The van der Waals surface area contributed by atoms with E-state index < -0.39 is 0 Å². The number of amides is 2. The average Bonchev–Trinajstić information content (AvgIpc) is 3.24. The number of aromatic nitrogens is 1. The third-order valence-electron chi connectivity index (χ3n) is 4.27. The summed E-state index contributed by atoms with van der Waals surface area (Å²) in [4.78, 5) is 29.2. The lowest BCUT2D eigenvalue weighted by Crippen LogP contribution is -2.45. The van der Waals surface area contributed by atoms with Crippen LogP contribution in [0.5, 0.6) is 0 Å². The monoisotopic (exact) mass is 373 g/mol. The number of nitrogens with zero attached hydrogens (tertiary/aromatic N) is 3. The molecule has 0 fully saturated rings. The molecule has 0 aromatic carbocycles. The summed E-state index contributed by atoms with van der Waals surface area (Å²) in [5.74, 6) is 0.564. The first kappa shape index (κ1) is 20.8. The zero-order chi connectivity index (χ0) is 20.0. The number of carbonyl (C=O) groups is 2. The molecule has 2 aromatic heterocycles. The van der Waals surface area contributed by atoms with Crippen LogP contribution in [0, 0.1) is 11.8 Å². The second kappa shape index (κ2) is 9.44. The summed E-state index contributed by atoms with van der Waals surface area (Å²) >= 11 is 0. The Hall–Kier alpha value is -2.50. The molecule has 0 saturated carbocycles. The molecule has 0 aliphatic carbocycles. The lowest BCUT2D eigenvalue weighted by Gasteiger charge is -2.29. The predicted octanol–water partition coefficient (Wildman–Crippen LogP) is 3.40. The fourth-order valence-corrected chi connectivity index (χ4v) is 3.03. The summed E-state index contributed by atoms with van der Waals surface area (Å²) in [6.45, 7) is 9.97. The average molecular weight is 373 g/mol. The molecule has 0 N–H and O–H groups in total. The minimum atomic E-state index is -0.245. The number of rotatable bonds is 9. The van der Waals surface area contributed by atoms with Gasteiger partial charge < -0.3 is 18.8 Å². The van der Waals surface area contributed by atoms with E-state index in [0.29, 0.717) is 25.6 Å². The van der Waals surface area contributed by atoms with Crippen molar-refractivity contribution in [2.45, 2.75) is 34.2 Å². The summed E-state index contributed by atoms with van der Waals surface area (Å²) in [5, 5.41) is 0. The van der Waals surface area contributed by atoms with Crippen LogP contribution in [-0.2, 0) is 18.4 Å². The third-order valence-corrected chi connectivity index (χ3v) is 4.27. The van der Waals surface area contributed by atoms with Crippen LogP contribution in [0.3, 0.4) is 0 Å². The van der Waals surface area contributed by atoms with Gasteiger partial charge in [-0.25, -0.2) is 0 Å². The maximum atomic E-state index is 13.1. The lowest BCUT2D eigenvalue weighted by molar-refractivity contribution is -0.133. The van der Waals surface area contributed by atoms with Gasteiger partial charge in [-0.05, 0) is 36.1 Å². The molecule has 0 saturated heterocycles. The van der Waals surface area contributed by atoms with E-state index in [2.05, 4.69) is 13.8 Å². The molecule has 0 atom stereocenters. The molecule has 0 aliphatic heterocycles. The highest BCUT2D eigenvalue weighted by atomic mass is 16.3.